The number of halogens is 1. The lowest BCUT2D eigenvalue weighted by molar-refractivity contribution is 0.163. The Morgan fingerprint density at radius 1 is 1.30 bits per heavy atom. The molecule has 0 amide bonds. The molecule has 0 fully saturated rings. The molecule has 0 aliphatic heterocycles. The number of rotatable bonds is 4. The van der Waals surface area contributed by atoms with E-state index in [2.05, 4.69) is 5.10 Å². The van der Waals surface area contributed by atoms with Crippen LogP contribution in [-0.2, 0) is 13.5 Å². The maximum Gasteiger partial charge on any atom is 0.129 e. The molecule has 0 saturated heterocycles. The van der Waals surface area contributed by atoms with E-state index in [0.717, 1.165) is 22.5 Å². The van der Waals surface area contributed by atoms with Crippen molar-refractivity contribution in [3.63, 3.8) is 0 Å². The molecule has 0 aliphatic carbocycles. The van der Waals surface area contributed by atoms with Gasteiger partial charge in [0.2, 0.25) is 0 Å². The number of aromatic nitrogens is 2. The third-order valence-corrected chi connectivity index (χ3v) is 3.84. The number of benzene rings is 1. The molecule has 1 atom stereocenters. The summed E-state index contributed by atoms with van der Waals surface area (Å²) in [5, 5.41) is 14.6. The smallest absolute Gasteiger partial charge is 0.129 e. The van der Waals surface area contributed by atoms with Gasteiger partial charge in [-0.2, -0.15) is 5.10 Å². The fraction of sp³-hybridized carbons (Fsp3) is 0.438. The second-order valence-electron chi connectivity index (χ2n) is 5.35. The van der Waals surface area contributed by atoms with Crippen molar-refractivity contribution in [1.29, 1.82) is 0 Å². The van der Waals surface area contributed by atoms with E-state index in [0.29, 0.717) is 18.4 Å². The van der Waals surface area contributed by atoms with Crippen LogP contribution in [0.25, 0.3) is 0 Å². The van der Waals surface area contributed by atoms with Gasteiger partial charge in [0.15, 0.2) is 0 Å². The van der Waals surface area contributed by atoms with Crippen LogP contribution >= 0.6 is 0 Å². The molecule has 1 aromatic carbocycles. The molecule has 0 spiro atoms. The van der Waals surface area contributed by atoms with Gasteiger partial charge in [0, 0.05) is 18.3 Å². The Morgan fingerprint density at radius 3 is 2.60 bits per heavy atom. The molecule has 20 heavy (non-hydrogen) atoms. The van der Waals surface area contributed by atoms with Gasteiger partial charge in [0.25, 0.3) is 0 Å². The van der Waals surface area contributed by atoms with Gasteiger partial charge in [-0.15, -0.1) is 0 Å². The van der Waals surface area contributed by atoms with E-state index in [9.17, 15) is 9.50 Å². The standard InChI is InChI=1S/C16H21FN2O/c1-10-5-7-15(17)14(9-10)16(20)8-6-13-11(2)18-19(4)12(13)3/h5,7,9,16,20H,6,8H2,1-4H3. The zero-order valence-electron chi connectivity index (χ0n) is 12.4. The number of aryl methyl sites for hydroxylation is 3. The summed E-state index contributed by atoms with van der Waals surface area (Å²) in [7, 11) is 1.91. The first-order valence-electron chi connectivity index (χ1n) is 6.83. The first-order valence-corrected chi connectivity index (χ1v) is 6.83. The van der Waals surface area contributed by atoms with Crippen LogP contribution in [-0.4, -0.2) is 14.9 Å². The quantitative estimate of drug-likeness (QED) is 0.931. The monoisotopic (exact) mass is 276 g/mol. The summed E-state index contributed by atoms with van der Waals surface area (Å²) in [5.74, 6) is -0.345. The number of hydrogen-bond acceptors (Lipinski definition) is 2. The van der Waals surface area contributed by atoms with Gasteiger partial charge in [-0.3, -0.25) is 4.68 Å². The molecular formula is C16H21FN2O. The molecule has 4 heteroatoms. The van der Waals surface area contributed by atoms with Gasteiger partial charge >= 0.3 is 0 Å². The molecular weight excluding hydrogens is 255 g/mol. The van der Waals surface area contributed by atoms with Crippen molar-refractivity contribution in [2.45, 2.75) is 39.7 Å². The van der Waals surface area contributed by atoms with E-state index in [4.69, 9.17) is 0 Å². The highest BCUT2D eigenvalue weighted by Gasteiger charge is 2.16. The van der Waals surface area contributed by atoms with Crippen molar-refractivity contribution in [1.82, 2.24) is 9.78 Å². The zero-order valence-corrected chi connectivity index (χ0v) is 12.4. The highest BCUT2D eigenvalue weighted by atomic mass is 19.1. The lowest BCUT2D eigenvalue weighted by atomic mass is 9.99. The second kappa shape index (κ2) is 5.75. The van der Waals surface area contributed by atoms with Gasteiger partial charge in [0.05, 0.1) is 11.8 Å². The maximum absolute atomic E-state index is 13.7. The highest BCUT2D eigenvalue weighted by molar-refractivity contribution is 5.28. The van der Waals surface area contributed by atoms with E-state index < -0.39 is 6.10 Å². The molecule has 2 aromatic rings. The molecule has 1 N–H and O–H groups in total. The summed E-state index contributed by atoms with van der Waals surface area (Å²) in [6, 6.07) is 4.83. The summed E-state index contributed by atoms with van der Waals surface area (Å²) in [6.07, 6.45) is 0.405. The van der Waals surface area contributed by atoms with Crippen molar-refractivity contribution in [2.75, 3.05) is 0 Å². The lowest BCUT2D eigenvalue weighted by Gasteiger charge is -2.13. The first kappa shape index (κ1) is 14.7. The Balaban J connectivity index is 2.12. The molecule has 0 bridgehead atoms. The normalized spacial score (nSPS) is 12.7. The molecule has 108 valence electrons. The molecule has 0 radical (unpaired) electrons. The minimum atomic E-state index is -0.783. The van der Waals surface area contributed by atoms with Crippen molar-refractivity contribution in [2.24, 2.45) is 7.05 Å². The van der Waals surface area contributed by atoms with Gasteiger partial charge in [-0.25, -0.2) is 4.39 Å². The number of aliphatic hydroxyl groups excluding tert-OH is 1. The van der Waals surface area contributed by atoms with E-state index in [1.807, 2.05) is 32.5 Å². The third kappa shape index (κ3) is 2.90. The summed E-state index contributed by atoms with van der Waals surface area (Å²) < 4.78 is 15.6. The minimum Gasteiger partial charge on any atom is -0.388 e. The van der Waals surface area contributed by atoms with Crippen LogP contribution in [0.15, 0.2) is 18.2 Å². The largest absolute Gasteiger partial charge is 0.388 e. The van der Waals surface area contributed by atoms with Gasteiger partial charge < -0.3 is 5.11 Å². The zero-order chi connectivity index (χ0) is 14.9. The van der Waals surface area contributed by atoms with Crippen LogP contribution in [0.5, 0.6) is 0 Å². The maximum atomic E-state index is 13.7. The number of hydrogen-bond donors (Lipinski definition) is 1. The van der Waals surface area contributed by atoms with Crippen molar-refractivity contribution < 1.29 is 9.50 Å². The summed E-state index contributed by atoms with van der Waals surface area (Å²) >= 11 is 0. The molecule has 2 rings (SSSR count). The molecule has 1 aromatic heterocycles. The Hall–Kier alpha value is -1.68. The lowest BCUT2D eigenvalue weighted by Crippen LogP contribution is -2.04. The molecule has 1 unspecified atom stereocenters. The highest BCUT2D eigenvalue weighted by Crippen LogP contribution is 2.24. The fourth-order valence-corrected chi connectivity index (χ4v) is 2.53. The average molecular weight is 276 g/mol. The van der Waals surface area contributed by atoms with Gasteiger partial charge in [0.1, 0.15) is 5.82 Å². The summed E-state index contributed by atoms with van der Waals surface area (Å²) in [5.41, 5.74) is 4.54. The SMILES string of the molecule is Cc1ccc(F)c(C(O)CCc2c(C)nn(C)c2C)c1. The third-order valence-electron chi connectivity index (χ3n) is 3.84. The Labute approximate surface area is 119 Å². The Bertz CT molecular complexity index is 619. The van der Waals surface area contributed by atoms with Crippen molar-refractivity contribution >= 4 is 0 Å². The van der Waals surface area contributed by atoms with Crippen LogP contribution < -0.4 is 0 Å². The Kier molecular flexibility index (Phi) is 4.23. The van der Waals surface area contributed by atoms with E-state index >= 15 is 0 Å². The second-order valence-corrected chi connectivity index (χ2v) is 5.35. The van der Waals surface area contributed by atoms with Crippen LogP contribution in [0.4, 0.5) is 4.39 Å². The van der Waals surface area contributed by atoms with Crippen LogP contribution in [0.3, 0.4) is 0 Å². The molecule has 1 heterocycles. The topological polar surface area (TPSA) is 38.1 Å². The van der Waals surface area contributed by atoms with Gasteiger partial charge in [-0.05, 0) is 45.2 Å². The molecule has 0 saturated carbocycles. The molecule has 0 aliphatic rings. The Morgan fingerprint density at radius 2 is 2.00 bits per heavy atom. The van der Waals surface area contributed by atoms with E-state index in [1.165, 1.54) is 6.07 Å². The summed E-state index contributed by atoms with van der Waals surface area (Å²) in [4.78, 5) is 0. The fourth-order valence-electron chi connectivity index (χ4n) is 2.53. The van der Waals surface area contributed by atoms with E-state index in [-0.39, 0.29) is 5.82 Å². The number of nitrogens with zero attached hydrogens (tertiary/aromatic N) is 2. The van der Waals surface area contributed by atoms with Crippen molar-refractivity contribution in [3.8, 4) is 0 Å². The average Bonchev–Trinajstić information content (AvgIpc) is 2.64. The molecule has 3 nitrogen and oxygen atoms in total. The first-order chi connectivity index (χ1) is 9.40. The van der Waals surface area contributed by atoms with Crippen LogP contribution in [0.2, 0.25) is 0 Å². The number of aliphatic hydroxyl groups is 1. The van der Waals surface area contributed by atoms with Gasteiger partial charge in [-0.1, -0.05) is 17.7 Å². The predicted octanol–water partition coefficient (Wildman–Crippen LogP) is 3.15. The minimum absolute atomic E-state index is 0.345. The van der Waals surface area contributed by atoms with Crippen LogP contribution in [0.1, 0.15) is 40.6 Å². The predicted molar refractivity (Wildman–Crippen MR) is 77.1 cm³/mol. The summed E-state index contributed by atoms with van der Waals surface area (Å²) in [6.45, 7) is 5.86. The van der Waals surface area contributed by atoms with Crippen molar-refractivity contribution in [3.05, 3.63) is 52.1 Å². The van der Waals surface area contributed by atoms with Crippen LogP contribution in [0, 0.1) is 26.6 Å². The van der Waals surface area contributed by atoms with E-state index in [1.54, 1.807) is 12.1 Å².